The Hall–Kier alpha value is -2.41. The van der Waals surface area contributed by atoms with E-state index >= 15 is 0 Å². The Labute approximate surface area is 207 Å². The Bertz CT molecular complexity index is 1010. The van der Waals surface area contributed by atoms with E-state index in [1.807, 2.05) is 49.9 Å². The molecule has 0 aromatic heterocycles. The number of hydrogen-bond acceptors (Lipinski definition) is 4. The molecule has 0 unspecified atom stereocenters. The first kappa shape index (κ1) is 23.3. The van der Waals surface area contributed by atoms with E-state index in [0.717, 1.165) is 54.0 Å². The lowest BCUT2D eigenvalue weighted by Gasteiger charge is -2.55. The van der Waals surface area contributed by atoms with Crippen LogP contribution in [0.5, 0.6) is 0 Å². The lowest BCUT2D eigenvalue weighted by Crippen LogP contribution is -2.51. The van der Waals surface area contributed by atoms with Crippen molar-refractivity contribution >= 4 is 34.9 Å². The summed E-state index contributed by atoms with van der Waals surface area (Å²) in [5.41, 5.74) is 2.80. The molecule has 0 saturated heterocycles. The van der Waals surface area contributed by atoms with Gasteiger partial charge in [-0.25, -0.2) is 4.79 Å². The summed E-state index contributed by atoms with van der Waals surface area (Å²) in [5.74, 6) is 1.99. The van der Waals surface area contributed by atoms with Gasteiger partial charge in [0.05, 0.1) is 23.6 Å². The number of allylic oxidation sites excluding steroid dienone is 1. The summed E-state index contributed by atoms with van der Waals surface area (Å²) in [6.45, 7) is 6.69. The number of rotatable bonds is 6. The van der Waals surface area contributed by atoms with Gasteiger partial charge < -0.3 is 20.3 Å². The number of benzene rings is 1. The Morgan fingerprint density at radius 2 is 1.79 bits per heavy atom. The van der Waals surface area contributed by atoms with E-state index in [2.05, 4.69) is 10.6 Å². The highest BCUT2D eigenvalue weighted by Gasteiger charge is 2.54. The molecule has 7 heteroatoms. The van der Waals surface area contributed by atoms with Crippen molar-refractivity contribution in [1.29, 1.82) is 0 Å². The van der Waals surface area contributed by atoms with Crippen LogP contribution in [0.2, 0.25) is 0 Å². The van der Waals surface area contributed by atoms with Gasteiger partial charge in [-0.2, -0.15) is 0 Å². The lowest BCUT2D eigenvalue weighted by molar-refractivity contribution is -0.140. The first-order valence-electron chi connectivity index (χ1n) is 12.7. The molecule has 1 aliphatic heterocycles. The number of nitrogens with one attached hydrogen (secondary N) is 2. The van der Waals surface area contributed by atoms with E-state index in [9.17, 15) is 9.59 Å². The quantitative estimate of drug-likeness (QED) is 0.444. The number of amides is 1. The van der Waals surface area contributed by atoms with Crippen molar-refractivity contribution in [3.8, 4) is 0 Å². The van der Waals surface area contributed by atoms with E-state index < -0.39 is 6.04 Å². The first-order chi connectivity index (χ1) is 16.3. The van der Waals surface area contributed by atoms with Crippen LogP contribution in [0, 0.1) is 23.2 Å². The fourth-order valence-electron chi connectivity index (χ4n) is 7.33. The molecule has 5 aliphatic rings. The number of ether oxygens (including phenoxy) is 1. The summed E-state index contributed by atoms with van der Waals surface area (Å²) in [6, 6.07) is 7.37. The van der Waals surface area contributed by atoms with Gasteiger partial charge in [0.2, 0.25) is 5.91 Å². The van der Waals surface area contributed by atoms with Gasteiger partial charge in [-0.15, -0.1) is 0 Å². The van der Waals surface area contributed by atoms with Crippen LogP contribution in [0.25, 0.3) is 0 Å². The minimum Gasteiger partial charge on any atom is -0.463 e. The van der Waals surface area contributed by atoms with Crippen molar-refractivity contribution in [3.63, 3.8) is 0 Å². The van der Waals surface area contributed by atoms with Crippen LogP contribution < -0.4 is 10.6 Å². The SMILES string of the molecule is CCOC(=O)C1=C(C)N(CC)C(=S)N[C@H]1c1cccc(NC(=O)C23CC4CC(CC(C4)C2)C3)c1. The van der Waals surface area contributed by atoms with Crippen molar-refractivity contribution in [2.24, 2.45) is 23.2 Å². The fourth-order valence-corrected chi connectivity index (χ4v) is 7.72. The molecule has 1 amide bonds. The molecule has 182 valence electrons. The average Bonchev–Trinajstić information content (AvgIpc) is 2.78. The molecule has 4 bridgehead atoms. The third-order valence-corrected chi connectivity index (χ3v) is 8.74. The van der Waals surface area contributed by atoms with Gasteiger partial charge in [0, 0.05) is 17.9 Å². The van der Waals surface area contributed by atoms with Crippen molar-refractivity contribution < 1.29 is 14.3 Å². The van der Waals surface area contributed by atoms with Crippen LogP contribution >= 0.6 is 12.2 Å². The van der Waals surface area contributed by atoms with E-state index in [0.29, 0.717) is 23.8 Å². The Kier molecular flexibility index (Phi) is 6.17. The van der Waals surface area contributed by atoms with E-state index in [1.165, 1.54) is 19.3 Å². The lowest BCUT2D eigenvalue weighted by atomic mass is 9.49. The van der Waals surface area contributed by atoms with Gasteiger partial charge in [0.1, 0.15) is 0 Å². The molecular formula is C27H35N3O3S. The average molecular weight is 482 g/mol. The molecule has 4 aliphatic carbocycles. The molecule has 1 aromatic carbocycles. The summed E-state index contributed by atoms with van der Waals surface area (Å²) in [4.78, 5) is 28.4. The number of carbonyl (C=O) groups excluding carboxylic acids is 2. The number of thiocarbonyl (C=S) groups is 1. The Balaban J connectivity index is 1.41. The Morgan fingerprint density at radius 3 is 2.38 bits per heavy atom. The molecule has 6 nitrogen and oxygen atoms in total. The molecule has 4 fully saturated rings. The second-order valence-corrected chi connectivity index (χ2v) is 11.0. The molecule has 1 heterocycles. The molecule has 6 rings (SSSR count). The largest absolute Gasteiger partial charge is 0.463 e. The minimum atomic E-state index is -0.425. The van der Waals surface area contributed by atoms with Gasteiger partial charge in [0.25, 0.3) is 0 Å². The summed E-state index contributed by atoms with van der Waals surface area (Å²) < 4.78 is 5.39. The highest BCUT2D eigenvalue weighted by atomic mass is 32.1. The minimum absolute atomic E-state index is 0.172. The van der Waals surface area contributed by atoms with Crippen LogP contribution in [0.1, 0.15) is 70.9 Å². The predicted molar refractivity (Wildman–Crippen MR) is 136 cm³/mol. The van der Waals surface area contributed by atoms with Crippen LogP contribution in [-0.4, -0.2) is 35.0 Å². The normalized spacial score (nSPS) is 32.0. The predicted octanol–water partition coefficient (Wildman–Crippen LogP) is 4.93. The Morgan fingerprint density at radius 1 is 1.15 bits per heavy atom. The highest BCUT2D eigenvalue weighted by molar-refractivity contribution is 7.80. The van der Waals surface area contributed by atoms with Gasteiger partial charge in [0.15, 0.2) is 5.11 Å². The first-order valence-corrected chi connectivity index (χ1v) is 13.1. The van der Waals surface area contributed by atoms with Gasteiger partial charge in [-0.1, -0.05) is 12.1 Å². The third-order valence-electron chi connectivity index (χ3n) is 8.41. The molecule has 0 radical (unpaired) electrons. The van der Waals surface area contributed by atoms with E-state index in [4.69, 9.17) is 17.0 Å². The maximum Gasteiger partial charge on any atom is 0.338 e. The summed E-state index contributed by atoms with van der Waals surface area (Å²) >= 11 is 5.59. The highest BCUT2D eigenvalue weighted by Crippen LogP contribution is 2.60. The number of carbonyl (C=O) groups is 2. The van der Waals surface area contributed by atoms with Crippen LogP contribution in [0.3, 0.4) is 0 Å². The van der Waals surface area contributed by atoms with Gasteiger partial charge >= 0.3 is 5.97 Å². The van der Waals surface area contributed by atoms with E-state index in [1.54, 1.807) is 0 Å². The molecule has 2 N–H and O–H groups in total. The summed E-state index contributed by atoms with van der Waals surface area (Å²) in [6.07, 6.45) is 7.03. The van der Waals surface area contributed by atoms with Crippen LogP contribution in [0.15, 0.2) is 35.5 Å². The zero-order chi connectivity index (χ0) is 24.0. The van der Waals surface area contributed by atoms with Crippen molar-refractivity contribution in [3.05, 3.63) is 41.1 Å². The summed E-state index contributed by atoms with van der Waals surface area (Å²) in [7, 11) is 0. The molecule has 34 heavy (non-hydrogen) atoms. The number of esters is 1. The third kappa shape index (κ3) is 4.02. The smallest absolute Gasteiger partial charge is 0.338 e. The molecule has 1 atom stereocenters. The second-order valence-electron chi connectivity index (χ2n) is 10.6. The molecule has 4 saturated carbocycles. The second kappa shape index (κ2) is 8.99. The van der Waals surface area contributed by atoms with Crippen molar-refractivity contribution in [2.45, 2.75) is 65.3 Å². The molecule has 1 aromatic rings. The maximum atomic E-state index is 13.6. The standard InChI is InChI=1S/C27H35N3O3S/c1-4-30-16(3)22(24(31)33-5-2)23(29-26(30)34)20-7-6-8-21(12-20)28-25(32)27-13-17-9-18(14-27)11-19(10-17)15-27/h6-8,12,17-19,23H,4-5,9-11,13-15H2,1-3H3,(H,28,32)(H,29,34)/t17?,18?,19?,23-,27?/m0/s1. The van der Waals surface area contributed by atoms with E-state index in [-0.39, 0.29) is 17.3 Å². The van der Waals surface area contributed by atoms with Crippen molar-refractivity contribution in [2.75, 3.05) is 18.5 Å². The topological polar surface area (TPSA) is 70.7 Å². The number of hydrogen-bond donors (Lipinski definition) is 2. The number of anilines is 1. The van der Waals surface area contributed by atoms with Crippen molar-refractivity contribution in [1.82, 2.24) is 10.2 Å². The van der Waals surface area contributed by atoms with Gasteiger partial charge in [-0.3, -0.25) is 4.79 Å². The summed E-state index contributed by atoms with van der Waals surface area (Å²) in [5, 5.41) is 7.16. The van der Waals surface area contributed by atoms with Gasteiger partial charge in [-0.05, 0) is 107 Å². The molecule has 0 spiro atoms. The number of nitrogens with zero attached hydrogens (tertiary/aromatic N) is 1. The van der Waals surface area contributed by atoms with Crippen LogP contribution in [-0.2, 0) is 14.3 Å². The fraction of sp³-hybridized carbons (Fsp3) is 0.593. The zero-order valence-corrected chi connectivity index (χ0v) is 21.2. The zero-order valence-electron chi connectivity index (χ0n) is 20.4. The van der Waals surface area contributed by atoms with Crippen LogP contribution in [0.4, 0.5) is 5.69 Å². The molecular weight excluding hydrogens is 446 g/mol. The maximum absolute atomic E-state index is 13.6. The monoisotopic (exact) mass is 481 g/mol.